The summed E-state index contributed by atoms with van der Waals surface area (Å²) in [5.41, 5.74) is 1.61. The van der Waals surface area contributed by atoms with E-state index in [0.29, 0.717) is 0 Å². The molecule has 0 fully saturated rings. The molecule has 0 aliphatic heterocycles. The number of hydrogen-bond acceptors (Lipinski definition) is 4. The van der Waals surface area contributed by atoms with E-state index < -0.39 is 0 Å². The summed E-state index contributed by atoms with van der Waals surface area (Å²) < 4.78 is 4.90. The van der Waals surface area contributed by atoms with Gasteiger partial charge < -0.3 is 4.74 Å². The minimum absolute atomic E-state index is 0.268. The molecule has 0 bridgehead atoms. The highest BCUT2D eigenvalue weighted by Crippen LogP contribution is 2.09. The van der Waals surface area contributed by atoms with Gasteiger partial charge in [-0.05, 0) is 6.42 Å². The lowest BCUT2D eigenvalue weighted by molar-refractivity contribution is -0.256. The summed E-state index contributed by atoms with van der Waals surface area (Å²) in [6, 6.07) is 0. The maximum Gasteiger partial charge on any atom is 0.182 e. The van der Waals surface area contributed by atoms with Crippen molar-refractivity contribution in [1.29, 1.82) is 0 Å². The number of nitrogens with one attached hydrogen (secondary N) is 1. The summed E-state index contributed by atoms with van der Waals surface area (Å²) in [6.07, 6.45) is 0.565. The van der Waals surface area contributed by atoms with Crippen LogP contribution in [0.2, 0.25) is 0 Å². The lowest BCUT2D eigenvalue weighted by Gasteiger charge is -2.19. The van der Waals surface area contributed by atoms with E-state index in [1.165, 1.54) is 7.11 Å². The topological polar surface area (TPSA) is 50.7 Å². The monoisotopic (exact) mass is 149 g/mol. The standard InChI is InChI=1S/C6H15NO3/c1-4-5(2)6(9-3)10-7-8/h5-8H,4H2,1-3H3/t5-,6-/m0/s1. The Morgan fingerprint density at radius 1 is 1.60 bits per heavy atom. The zero-order valence-corrected chi connectivity index (χ0v) is 6.63. The highest BCUT2D eigenvalue weighted by atomic mass is 16.9. The molecule has 0 saturated heterocycles. The van der Waals surface area contributed by atoms with E-state index in [9.17, 15) is 0 Å². The molecule has 0 saturated carbocycles. The molecule has 0 aliphatic carbocycles. The van der Waals surface area contributed by atoms with Crippen LogP contribution >= 0.6 is 0 Å². The van der Waals surface area contributed by atoms with Gasteiger partial charge in [-0.25, -0.2) is 4.84 Å². The predicted octanol–water partition coefficient (Wildman–Crippen LogP) is 0.915. The van der Waals surface area contributed by atoms with Crippen LogP contribution in [-0.4, -0.2) is 18.6 Å². The highest BCUT2D eigenvalue weighted by molar-refractivity contribution is 4.51. The maximum absolute atomic E-state index is 8.16. The van der Waals surface area contributed by atoms with Gasteiger partial charge in [0.1, 0.15) is 0 Å². The van der Waals surface area contributed by atoms with E-state index in [0.717, 1.165) is 6.42 Å². The average molecular weight is 149 g/mol. The van der Waals surface area contributed by atoms with Crippen LogP contribution in [0.15, 0.2) is 0 Å². The number of ether oxygens (including phenoxy) is 1. The first-order valence-corrected chi connectivity index (χ1v) is 3.33. The summed E-state index contributed by atoms with van der Waals surface area (Å²) in [5.74, 6) is 0.268. The van der Waals surface area contributed by atoms with Gasteiger partial charge >= 0.3 is 0 Å². The van der Waals surface area contributed by atoms with Crippen molar-refractivity contribution in [2.75, 3.05) is 7.11 Å². The largest absolute Gasteiger partial charge is 0.354 e. The second kappa shape index (κ2) is 5.61. The van der Waals surface area contributed by atoms with Crippen LogP contribution in [0.5, 0.6) is 0 Å². The normalized spacial score (nSPS) is 16.8. The minimum Gasteiger partial charge on any atom is -0.354 e. The molecular weight excluding hydrogens is 134 g/mol. The van der Waals surface area contributed by atoms with Crippen molar-refractivity contribution in [2.45, 2.75) is 26.6 Å². The summed E-state index contributed by atoms with van der Waals surface area (Å²) in [4.78, 5) is 4.63. The van der Waals surface area contributed by atoms with Crippen LogP contribution < -0.4 is 5.64 Å². The van der Waals surface area contributed by atoms with E-state index in [4.69, 9.17) is 9.94 Å². The van der Waals surface area contributed by atoms with Crippen molar-refractivity contribution in [2.24, 2.45) is 5.92 Å². The molecule has 4 heteroatoms. The first-order valence-electron chi connectivity index (χ1n) is 3.33. The molecule has 0 spiro atoms. The Morgan fingerprint density at radius 2 is 2.20 bits per heavy atom. The number of rotatable bonds is 5. The van der Waals surface area contributed by atoms with Gasteiger partial charge in [0.05, 0.1) is 0 Å². The zero-order valence-electron chi connectivity index (χ0n) is 6.63. The fourth-order valence-corrected chi connectivity index (χ4v) is 0.641. The van der Waals surface area contributed by atoms with Crippen LogP contribution in [0, 0.1) is 5.92 Å². The molecule has 2 N–H and O–H groups in total. The summed E-state index contributed by atoms with van der Waals surface area (Å²) in [6.45, 7) is 4.00. The van der Waals surface area contributed by atoms with Crippen LogP contribution in [0.25, 0.3) is 0 Å². The maximum atomic E-state index is 8.16. The molecule has 4 nitrogen and oxygen atoms in total. The van der Waals surface area contributed by atoms with E-state index in [-0.39, 0.29) is 12.2 Å². The third-order valence-corrected chi connectivity index (χ3v) is 1.51. The number of hydrogen-bond donors (Lipinski definition) is 2. The lowest BCUT2D eigenvalue weighted by Crippen LogP contribution is -2.28. The molecule has 0 radical (unpaired) electrons. The zero-order chi connectivity index (χ0) is 7.98. The first kappa shape index (κ1) is 9.84. The molecule has 0 unspecified atom stereocenters. The quantitative estimate of drug-likeness (QED) is 0.450. The summed E-state index contributed by atoms with van der Waals surface area (Å²) >= 11 is 0. The third-order valence-electron chi connectivity index (χ3n) is 1.51. The predicted molar refractivity (Wildman–Crippen MR) is 36.3 cm³/mol. The molecular formula is C6H15NO3. The van der Waals surface area contributed by atoms with Gasteiger partial charge in [0, 0.05) is 13.0 Å². The van der Waals surface area contributed by atoms with Gasteiger partial charge in [-0.2, -0.15) is 0 Å². The van der Waals surface area contributed by atoms with Gasteiger partial charge in [0.15, 0.2) is 6.29 Å². The van der Waals surface area contributed by atoms with E-state index in [1.807, 2.05) is 13.8 Å². The highest BCUT2D eigenvalue weighted by Gasteiger charge is 2.14. The molecule has 2 atom stereocenters. The van der Waals surface area contributed by atoms with E-state index >= 15 is 0 Å². The lowest BCUT2D eigenvalue weighted by atomic mass is 10.1. The molecule has 62 valence electrons. The van der Waals surface area contributed by atoms with E-state index in [2.05, 4.69) is 4.84 Å². The Kier molecular flexibility index (Phi) is 5.52. The van der Waals surface area contributed by atoms with Crippen LogP contribution in [-0.2, 0) is 9.57 Å². The fourth-order valence-electron chi connectivity index (χ4n) is 0.641. The third kappa shape index (κ3) is 3.12. The minimum atomic E-state index is -0.380. The molecule has 0 rings (SSSR count). The van der Waals surface area contributed by atoms with Gasteiger partial charge in [0.25, 0.3) is 0 Å². The smallest absolute Gasteiger partial charge is 0.182 e. The fraction of sp³-hybridized carbons (Fsp3) is 1.00. The van der Waals surface area contributed by atoms with E-state index in [1.54, 1.807) is 5.64 Å². The summed E-state index contributed by atoms with van der Waals surface area (Å²) in [7, 11) is 1.54. The summed E-state index contributed by atoms with van der Waals surface area (Å²) in [5, 5.41) is 8.16. The first-order chi connectivity index (χ1) is 4.76. The molecule has 0 aliphatic rings. The second-order valence-electron chi connectivity index (χ2n) is 2.20. The SMILES string of the molecule is CC[C@H](C)[C@@H](OC)ONO. The Bertz CT molecular complexity index is 79.4. The van der Waals surface area contributed by atoms with Gasteiger partial charge in [0.2, 0.25) is 0 Å². The molecule has 0 aromatic rings. The second-order valence-corrected chi connectivity index (χ2v) is 2.20. The molecule has 0 heterocycles. The molecule has 0 amide bonds. The van der Waals surface area contributed by atoms with Gasteiger partial charge in [-0.15, -0.1) is 0 Å². The molecule has 0 aromatic carbocycles. The Balaban J connectivity index is 3.56. The van der Waals surface area contributed by atoms with Crippen LogP contribution in [0.3, 0.4) is 0 Å². The van der Waals surface area contributed by atoms with Crippen molar-refractivity contribution in [3.8, 4) is 0 Å². The molecule has 0 aromatic heterocycles. The van der Waals surface area contributed by atoms with Crippen molar-refractivity contribution < 1.29 is 14.8 Å². The van der Waals surface area contributed by atoms with Crippen molar-refractivity contribution in [1.82, 2.24) is 5.64 Å². The van der Waals surface area contributed by atoms with Crippen molar-refractivity contribution >= 4 is 0 Å². The van der Waals surface area contributed by atoms with Crippen molar-refractivity contribution in [3.05, 3.63) is 0 Å². The number of methoxy groups -OCH3 is 1. The molecule has 10 heavy (non-hydrogen) atoms. The van der Waals surface area contributed by atoms with Crippen molar-refractivity contribution in [3.63, 3.8) is 0 Å². The average Bonchev–Trinajstić information content (AvgIpc) is 1.99. The van der Waals surface area contributed by atoms with Crippen LogP contribution in [0.4, 0.5) is 0 Å². The van der Waals surface area contributed by atoms with Gasteiger partial charge in [-0.1, -0.05) is 19.5 Å². The van der Waals surface area contributed by atoms with Gasteiger partial charge in [-0.3, -0.25) is 5.21 Å². The Hall–Kier alpha value is -0.160. The Labute approximate surface area is 61.0 Å². The van der Waals surface area contributed by atoms with Crippen LogP contribution in [0.1, 0.15) is 20.3 Å². The Morgan fingerprint density at radius 3 is 2.50 bits per heavy atom.